The van der Waals surface area contributed by atoms with E-state index in [0.717, 1.165) is 18.4 Å². The molecular weight excluding hydrogens is 256 g/mol. The first kappa shape index (κ1) is 12.8. The number of nitrogens with one attached hydrogen (secondary N) is 2. The van der Waals surface area contributed by atoms with E-state index in [2.05, 4.69) is 10.6 Å². The second-order valence-corrected chi connectivity index (χ2v) is 5.30. The van der Waals surface area contributed by atoms with Gasteiger partial charge in [0.05, 0.1) is 0 Å². The quantitative estimate of drug-likeness (QED) is 0.855. The number of Topliss-reactive ketones (excluding diaryl/α,β-unsaturated/α-hetero) is 1. The van der Waals surface area contributed by atoms with Crippen LogP contribution in [0, 0.1) is 0 Å². The third-order valence-electron chi connectivity index (χ3n) is 3.84. The predicted octanol–water partition coefficient (Wildman–Crippen LogP) is 1.42. The maximum Gasteiger partial charge on any atom is 0.246 e. The van der Waals surface area contributed by atoms with Crippen LogP contribution in [0.25, 0.3) is 0 Å². The summed E-state index contributed by atoms with van der Waals surface area (Å²) in [7, 11) is 0. The molecule has 5 nitrogen and oxygen atoms in total. The summed E-state index contributed by atoms with van der Waals surface area (Å²) in [5.41, 5.74) is 2.38. The average Bonchev–Trinajstić information content (AvgIpc) is 2.86. The first-order valence-corrected chi connectivity index (χ1v) is 6.90. The fourth-order valence-electron chi connectivity index (χ4n) is 2.75. The third kappa shape index (κ3) is 2.43. The summed E-state index contributed by atoms with van der Waals surface area (Å²) in [4.78, 5) is 35.0. The van der Waals surface area contributed by atoms with Crippen molar-refractivity contribution in [1.82, 2.24) is 5.32 Å². The summed E-state index contributed by atoms with van der Waals surface area (Å²) < 4.78 is 0. The van der Waals surface area contributed by atoms with Gasteiger partial charge < -0.3 is 10.6 Å². The molecule has 1 heterocycles. The van der Waals surface area contributed by atoms with Gasteiger partial charge in [-0.3, -0.25) is 14.4 Å². The Kier molecular flexibility index (Phi) is 3.26. The average molecular weight is 272 g/mol. The molecule has 1 aliphatic carbocycles. The molecule has 104 valence electrons. The van der Waals surface area contributed by atoms with Gasteiger partial charge in [0.2, 0.25) is 11.8 Å². The minimum Gasteiger partial charge on any atom is -0.344 e. The van der Waals surface area contributed by atoms with Gasteiger partial charge in [-0.15, -0.1) is 0 Å². The van der Waals surface area contributed by atoms with Crippen molar-refractivity contribution in [3.8, 4) is 0 Å². The number of carbonyl (C=O) groups excluding carboxylic acids is 3. The summed E-state index contributed by atoms with van der Waals surface area (Å²) in [6, 6.07) is 4.99. The molecule has 1 atom stereocenters. The molecule has 20 heavy (non-hydrogen) atoms. The van der Waals surface area contributed by atoms with Crippen molar-refractivity contribution in [2.45, 2.75) is 38.1 Å². The molecule has 0 bridgehead atoms. The van der Waals surface area contributed by atoms with Gasteiger partial charge in [0.15, 0.2) is 5.78 Å². The SMILES string of the molecule is O=C1CCC(C(=O)Nc2ccc3c(c2)C(=O)CCC3)N1. The normalized spacial score (nSPS) is 21.3. The molecule has 5 heteroatoms. The summed E-state index contributed by atoms with van der Waals surface area (Å²) in [5, 5.41) is 5.40. The number of aryl methyl sites for hydroxylation is 1. The Bertz CT molecular complexity index is 595. The van der Waals surface area contributed by atoms with Gasteiger partial charge in [-0.1, -0.05) is 6.07 Å². The Morgan fingerprint density at radius 1 is 1.20 bits per heavy atom. The molecule has 2 aliphatic rings. The molecule has 1 aromatic carbocycles. The van der Waals surface area contributed by atoms with Crippen LogP contribution >= 0.6 is 0 Å². The molecule has 2 amide bonds. The number of fused-ring (bicyclic) bond motifs is 1. The van der Waals surface area contributed by atoms with Gasteiger partial charge in [0.25, 0.3) is 0 Å². The Hall–Kier alpha value is -2.17. The fourth-order valence-corrected chi connectivity index (χ4v) is 2.75. The van der Waals surface area contributed by atoms with Crippen molar-refractivity contribution < 1.29 is 14.4 Å². The molecule has 1 aliphatic heterocycles. The summed E-state index contributed by atoms with van der Waals surface area (Å²) >= 11 is 0. The van der Waals surface area contributed by atoms with Crippen molar-refractivity contribution in [1.29, 1.82) is 0 Å². The lowest BCUT2D eigenvalue weighted by Crippen LogP contribution is -2.37. The zero-order valence-corrected chi connectivity index (χ0v) is 11.1. The second-order valence-electron chi connectivity index (χ2n) is 5.30. The molecule has 1 unspecified atom stereocenters. The van der Waals surface area contributed by atoms with Gasteiger partial charge in [0.1, 0.15) is 6.04 Å². The standard InChI is InChI=1S/C15H16N2O3/c18-13-3-1-2-9-4-5-10(8-11(9)13)16-15(20)12-6-7-14(19)17-12/h4-5,8,12H,1-3,6-7H2,(H,16,20)(H,17,19). The van der Waals surface area contributed by atoms with Crippen LogP contribution in [-0.2, 0) is 16.0 Å². The molecule has 1 saturated heterocycles. The van der Waals surface area contributed by atoms with Crippen molar-refractivity contribution in [3.05, 3.63) is 29.3 Å². The summed E-state index contributed by atoms with van der Waals surface area (Å²) in [5.74, 6) is -0.179. The monoisotopic (exact) mass is 272 g/mol. The van der Waals surface area contributed by atoms with Crippen LogP contribution in [0.1, 0.15) is 41.6 Å². The Morgan fingerprint density at radius 2 is 2.05 bits per heavy atom. The Morgan fingerprint density at radius 3 is 2.80 bits per heavy atom. The van der Waals surface area contributed by atoms with E-state index >= 15 is 0 Å². The van der Waals surface area contributed by atoms with Gasteiger partial charge >= 0.3 is 0 Å². The minimum atomic E-state index is -0.464. The van der Waals surface area contributed by atoms with Gasteiger partial charge in [-0.05, 0) is 37.0 Å². The zero-order valence-electron chi connectivity index (χ0n) is 11.1. The number of rotatable bonds is 2. The van der Waals surface area contributed by atoms with Crippen molar-refractivity contribution in [3.63, 3.8) is 0 Å². The summed E-state index contributed by atoms with van der Waals surface area (Å²) in [6.07, 6.45) is 3.29. The first-order chi connectivity index (χ1) is 9.63. The van der Waals surface area contributed by atoms with Crippen molar-refractivity contribution >= 4 is 23.3 Å². The number of amides is 2. The highest BCUT2D eigenvalue weighted by atomic mass is 16.2. The van der Waals surface area contributed by atoms with E-state index in [0.29, 0.717) is 30.5 Å². The van der Waals surface area contributed by atoms with Gasteiger partial charge in [-0.2, -0.15) is 0 Å². The number of anilines is 1. The van der Waals surface area contributed by atoms with Gasteiger partial charge in [-0.25, -0.2) is 0 Å². The molecule has 0 spiro atoms. The van der Waals surface area contributed by atoms with Crippen LogP contribution in [0.2, 0.25) is 0 Å². The van der Waals surface area contributed by atoms with Crippen LogP contribution in [-0.4, -0.2) is 23.6 Å². The van der Waals surface area contributed by atoms with Crippen LogP contribution in [0.4, 0.5) is 5.69 Å². The topological polar surface area (TPSA) is 75.3 Å². The largest absolute Gasteiger partial charge is 0.344 e. The molecule has 1 aromatic rings. The van der Waals surface area contributed by atoms with Crippen LogP contribution in [0.3, 0.4) is 0 Å². The van der Waals surface area contributed by atoms with Crippen molar-refractivity contribution in [2.75, 3.05) is 5.32 Å². The van der Waals surface area contributed by atoms with Gasteiger partial charge in [0, 0.05) is 24.1 Å². The van der Waals surface area contributed by atoms with E-state index in [9.17, 15) is 14.4 Å². The Labute approximate surface area is 116 Å². The highest BCUT2D eigenvalue weighted by Gasteiger charge is 2.27. The number of carbonyl (C=O) groups is 3. The van der Waals surface area contributed by atoms with E-state index in [4.69, 9.17) is 0 Å². The highest BCUT2D eigenvalue weighted by Crippen LogP contribution is 2.24. The maximum atomic E-state index is 12.0. The Balaban J connectivity index is 1.75. The van der Waals surface area contributed by atoms with E-state index in [-0.39, 0.29) is 17.6 Å². The number of hydrogen-bond donors (Lipinski definition) is 2. The maximum absolute atomic E-state index is 12.0. The van der Waals surface area contributed by atoms with Crippen LogP contribution < -0.4 is 10.6 Å². The lowest BCUT2D eigenvalue weighted by molar-refractivity contribution is -0.122. The fraction of sp³-hybridized carbons (Fsp3) is 0.400. The third-order valence-corrected chi connectivity index (χ3v) is 3.84. The lowest BCUT2D eigenvalue weighted by atomic mass is 9.90. The molecule has 0 radical (unpaired) electrons. The lowest BCUT2D eigenvalue weighted by Gasteiger charge is -2.17. The second kappa shape index (κ2) is 5.07. The molecule has 0 aromatic heterocycles. The van der Waals surface area contributed by atoms with E-state index in [1.807, 2.05) is 12.1 Å². The zero-order chi connectivity index (χ0) is 14.1. The summed E-state index contributed by atoms with van der Waals surface area (Å²) in [6.45, 7) is 0. The number of benzene rings is 1. The smallest absolute Gasteiger partial charge is 0.246 e. The number of ketones is 1. The molecule has 3 rings (SSSR count). The van der Waals surface area contributed by atoms with E-state index in [1.165, 1.54) is 0 Å². The molecule has 2 N–H and O–H groups in total. The molecular formula is C15H16N2O3. The minimum absolute atomic E-state index is 0.0919. The molecule has 1 fully saturated rings. The van der Waals surface area contributed by atoms with Crippen LogP contribution in [0.15, 0.2) is 18.2 Å². The van der Waals surface area contributed by atoms with E-state index in [1.54, 1.807) is 6.07 Å². The highest BCUT2D eigenvalue weighted by molar-refractivity contribution is 6.02. The van der Waals surface area contributed by atoms with Crippen molar-refractivity contribution in [2.24, 2.45) is 0 Å². The van der Waals surface area contributed by atoms with E-state index < -0.39 is 6.04 Å². The molecule has 0 saturated carbocycles. The predicted molar refractivity (Wildman–Crippen MR) is 73.5 cm³/mol. The first-order valence-electron chi connectivity index (χ1n) is 6.90. The van der Waals surface area contributed by atoms with Crippen LogP contribution in [0.5, 0.6) is 0 Å². The number of hydrogen-bond acceptors (Lipinski definition) is 3.